The number of aryl methyl sites for hydroxylation is 1. The summed E-state index contributed by atoms with van der Waals surface area (Å²) in [5.41, 5.74) is -1.50. The van der Waals surface area contributed by atoms with E-state index in [9.17, 15) is 27.6 Å². The number of esters is 1. The molecule has 1 heterocycles. The van der Waals surface area contributed by atoms with Gasteiger partial charge in [0.25, 0.3) is 11.8 Å². The van der Waals surface area contributed by atoms with Gasteiger partial charge in [-0.3, -0.25) is 9.59 Å². The molecule has 0 aliphatic heterocycles. The number of rotatable bonds is 5. The molecule has 0 saturated carbocycles. The van der Waals surface area contributed by atoms with Gasteiger partial charge in [0.2, 0.25) is 5.69 Å². The normalized spacial score (nSPS) is 11.1. The number of nitrogens with one attached hydrogen (secondary N) is 1. The number of benzene rings is 1. The van der Waals surface area contributed by atoms with Crippen molar-refractivity contribution >= 4 is 23.5 Å². The summed E-state index contributed by atoms with van der Waals surface area (Å²) in [4.78, 5) is 37.2. The number of halogens is 3. The minimum Gasteiger partial charge on any atom is -0.451 e. The van der Waals surface area contributed by atoms with Gasteiger partial charge in [0.05, 0.1) is 5.56 Å². The lowest BCUT2D eigenvalue weighted by molar-refractivity contribution is -0.137. The van der Waals surface area contributed by atoms with Crippen LogP contribution in [0.5, 0.6) is 0 Å². The van der Waals surface area contributed by atoms with Crippen LogP contribution in [0.4, 0.5) is 18.9 Å². The molecule has 0 saturated heterocycles. The van der Waals surface area contributed by atoms with Crippen LogP contribution in [0.2, 0.25) is 0 Å². The zero-order valence-corrected chi connectivity index (χ0v) is 15.1. The Kier molecular flexibility index (Phi) is 6.06. The maximum Gasteiger partial charge on any atom is 0.416 e. The van der Waals surface area contributed by atoms with Crippen molar-refractivity contribution in [2.75, 3.05) is 26.0 Å². The van der Waals surface area contributed by atoms with Crippen LogP contribution >= 0.6 is 0 Å². The molecule has 0 spiro atoms. The summed E-state index contributed by atoms with van der Waals surface area (Å²) in [5, 5.41) is 5.82. The molecular weight excluding hydrogens is 383 g/mol. The third-order valence-electron chi connectivity index (χ3n) is 3.58. The molecule has 1 aromatic heterocycles. The number of amides is 2. The van der Waals surface area contributed by atoms with Crippen molar-refractivity contribution in [2.45, 2.75) is 13.1 Å². The zero-order chi connectivity index (χ0) is 21.1. The standard InChI is InChI=1S/C17H16F3N3O5/c1-9-13(14(22-28-9)16(26)27-8-12(24)23(2)3)15(25)21-11-6-4-10(5-7-11)17(18,19)20/h4-7H,8H2,1-3H3,(H,21,25). The number of ether oxygens (including phenoxy) is 1. The monoisotopic (exact) mass is 399 g/mol. The summed E-state index contributed by atoms with van der Waals surface area (Å²) < 4.78 is 47.4. The van der Waals surface area contributed by atoms with Gasteiger partial charge in [-0.25, -0.2) is 4.79 Å². The van der Waals surface area contributed by atoms with Gasteiger partial charge < -0.3 is 19.5 Å². The number of anilines is 1. The van der Waals surface area contributed by atoms with Gasteiger partial charge >= 0.3 is 12.1 Å². The minimum absolute atomic E-state index is 0.00435. The summed E-state index contributed by atoms with van der Waals surface area (Å²) in [5.74, 6) is -2.37. The van der Waals surface area contributed by atoms with E-state index in [4.69, 9.17) is 9.26 Å². The van der Waals surface area contributed by atoms with Gasteiger partial charge in [-0.2, -0.15) is 13.2 Å². The van der Waals surface area contributed by atoms with Crippen molar-refractivity contribution in [3.63, 3.8) is 0 Å². The molecule has 11 heteroatoms. The maximum atomic E-state index is 12.6. The summed E-state index contributed by atoms with van der Waals surface area (Å²) in [6.07, 6.45) is -4.51. The van der Waals surface area contributed by atoms with Gasteiger partial charge in [-0.1, -0.05) is 5.16 Å². The highest BCUT2D eigenvalue weighted by atomic mass is 19.4. The van der Waals surface area contributed by atoms with E-state index in [2.05, 4.69) is 10.5 Å². The first kappa shape index (κ1) is 20.9. The van der Waals surface area contributed by atoms with E-state index >= 15 is 0 Å². The van der Waals surface area contributed by atoms with E-state index in [1.54, 1.807) is 0 Å². The Morgan fingerprint density at radius 2 is 1.79 bits per heavy atom. The molecule has 2 amide bonds. The molecule has 0 bridgehead atoms. The van der Waals surface area contributed by atoms with Crippen molar-refractivity contribution in [3.8, 4) is 0 Å². The summed E-state index contributed by atoms with van der Waals surface area (Å²) >= 11 is 0. The molecule has 2 aromatic rings. The number of nitrogens with zero attached hydrogens (tertiary/aromatic N) is 2. The highest BCUT2D eigenvalue weighted by molar-refractivity contribution is 6.11. The van der Waals surface area contributed by atoms with Gasteiger partial charge in [0.1, 0.15) is 11.3 Å². The van der Waals surface area contributed by atoms with Crippen LogP contribution in [0.15, 0.2) is 28.8 Å². The number of likely N-dealkylation sites (N-methyl/N-ethyl adjacent to an activating group) is 1. The quantitative estimate of drug-likeness (QED) is 0.776. The van der Waals surface area contributed by atoms with Crippen molar-refractivity contribution in [1.29, 1.82) is 0 Å². The highest BCUT2D eigenvalue weighted by Crippen LogP contribution is 2.30. The molecule has 0 atom stereocenters. The summed E-state index contributed by atoms with van der Waals surface area (Å²) in [6.45, 7) is 0.814. The van der Waals surface area contributed by atoms with Crippen LogP contribution in [-0.2, 0) is 15.7 Å². The Bertz CT molecular complexity index is 888. The lowest BCUT2D eigenvalue weighted by atomic mass is 10.1. The number of carbonyl (C=O) groups excluding carboxylic acids is 3. The second kappa shape index (κ2) is 8.11. The van der Waals surface area contributed by atoms with Crippen molar-refractivity contribution < 1.29 is 36.8 Å². The lowest BCUT2D eigenvalue weighted by Gasteiger charge is -2.10. The molecule has 0 fully saturated rings. The number of carbonyl (C=O) groups is 3. The fourth-order valence-electron chi connectivity index (χ4n) is 2.04. The molecule has 2 rings (SSSR count). The van der Waals surface area contributed by atoms with Crippen molar-refractivity contribution in [2.24, 2.45) is 0 Å². The molecule has 0 radical (unpaired) electrons. The molecule has 0 aliphatic rings. The highest BCUT2D eigenvalue weighted by Gasteiger charge is 2.30. The van der Waals surface area contributed by atoms with E-state index in [1.807, 2.05) is 0 Å². The van der Waals surface area contributed by atoms with Gasteiger partial charge in [0.15, 0.2) is 6.61 Å². The largest absolute Gasteiger partial charge is 0.451 e. The fraction of sp³-hybridized carbons (Fsp3) is 0.294. The Balaban J connectivity index is 2.15. The van der Waals surface area contributed by atoms with Gasteiger partial charge in [-0.05, 0) is 31.2 Å². The van der Waals surface area contributed by atoms with Crippen LogP contribution in [-0.4, -0.2) is 48.5 Å². The van der Waals surface area contributed by atoms with Crippen LogP contribution in [0.3, 0.4) is 0 Å². The van der Waals surface area contributed by atoms with E-state index < -0.39 is 41.8 Å². The molecule has 0 unspecified atom stereocenters. The Hall–Kier alpha value is -3.37. The second-order valence-electron chi connectivity index (χ2n) is 5.86. The third kappa shape index (κ3) is 4.87. The zero-order valence-electron chi connectivity index (χ0n) is 15.1. The number of alkyl halides is 3. The molecular formula is C17H16F3N3O5. The number of hydrogen-bond donors (Lipinski definition) is 1. The molecule has 0 aliphatic carbocycles. The third-order valence-corrected chi connectivity index (χ3v) is 3.58. The Morgan fingerprint density at radius 1 is 1.18 bits per heavy atom. The molecule has 1 aromatic carbocycles. The average molecular weight is 399 g/mol. The van der Waals surface area contributed by atoms with E-state index in [0.717, 1.165) is 24.3 Å². The second-order valence-corrected chi connectivity index (χ2v) is 5.86. The predicted octanol–water partition coefficient (Wildman–Crippen LogP) is 2.50. The Labute approximate surface area is 157 Å². The fourth-order valence-corrected chi connectivity index (χ4v) is 2.04. The summed E-state index contributed by atoms with van der Waals surface area (Å²) in [7, 11) is 2.94. The van der Waals surface area contributed by atoms with Crippen LogP contribution in [0.25, 0.3) is 0 Å². The maximum absolute atomic E-state index is 12.6. The first-order valence-corrected chi connectivity index (χ1v) is 7.83. The SMILES string of the molecule is Cc1onc(C(=O)OCC(=O)N(C)C)c1C(=O)Nc1ccc(C(F)(F)F)cc1. The van der Waals surface area contributed by atoms with Crippen LogP contribution in [0, 0.1) is 6.92 Å². The van der Waals surface area contributed by atoms with E-state index in [-0.39, 0.29) is 17.0 Å². The van der Waals surface area contributed by atoms with Crippen molar-refractivity contribution in [3.05, 3.63) is 46.8 Å². The van der Waals surface area contributed by atoms with E-state index in [1.165, 1.54) is 25.9 Å². The molecule has 8 nitrogen and oxygen atoms in total. The van der Waals surface area contributed by atoms with E-state index in [0.29, 0.717) is 0 Å². The van der Waals surface area contributed by atoms with Crippen molar-refractivity contribution in [1.82, 2.24) is 10.1 Å². The number of hydrogen-bond acceptors (Lipinski definition) is 6. The average Bonchev–Trinajstić information content (AvgIpc) is 3.00. The Morgan fingerprint density at radius 3 is 2.32 bits per heavy atom. The smallest absolute Gasteiger partial charge is 0.416 e. The minimum atomic E-state index is -4.51. The van der Waals surface area contributed by atoms with Gasteiger partial charge in [0, 0.05) is 19.8 Å². The van der Waals surface area contributed by atoms with Crippen LogP contribution < -0.4 is 5.32 Å². The first-order valence-electron chi connectivity index (χ1n) is 7.83. The number of aromatic nitrogens is 1. The molecule has 150 valence electrons. The topological polar surface area (TPSA) is 102 Å². The van der Waals surface area contributed by atoms with Crippen LogP contribution in [0.1, 0.15) is 32.2 Å². The molecule has 1 N–H and O–H groups in total. The van der Waals surface area contributed by atoms with Gasteiger partial charge in [-0.15, -0.1) is 0 Å². The predicted molar refractivity (Wildman–Crippen MR) is 89.6 cm³/mol. The lowest BCUT2D eigenvalue weighted by Crippen LogP contribution is -2.28. The summed E-state index contributed by atoms with van der Waals surface area (Å²) in [6, 6.07) is 3.74. The first-order chi connectivity index (χ1) is 13.0. The molecule has 28 heavy (non-hydrogen) atoms.